The molecule has 3 heterocycles. The molecular formula is C20H16ClN5O. The third kappa shape index (κ3) is 3.80. The van der Waals surface area contributed by atoms with E-state index in [0.29, 0.717) is 22.6 Å². The lowest BCUT2D eigenvalue weighted by Crippen LogP contribution is -2.15. The second kappa shape index (κ2) is 7.55. The van der Waals surface area contributed by atoms with E-state index in [1.54, 1.807) is 19.3 Å². The van der Waals surface area contributed by atoms with Crippen LogP contribution in [0.5, 0.6) is 0 Å². The van der Waals surface area contributed by atoms with Gasteiger partial charge < -0.3 is 9.84 Å². The zero-order chi connectivity index (χ0) is 18.6. The first-order valence-electron chi connectivity index (χ1n) is 8.39. The van der Waals surface area contributed by atoms with E-state index in [4.69, 9.17) is 16.1 Å². The average molecular weight is 378 g/mol. The lowest BCUT2D eigenvalue weighted by molar-refractivity contribution is 0.425. The summed E-state index contributed by atoms with van der Waals surface area (Å²) in [6.45, 7) is 1.78. The first-order valence-corrected chi connectivity index (χ1v) is 8.77. The standard InChI is InChI=1S/C20H16ClN5O/c1-13-24-20(27-26-13)16-8-5-11-23-19(16)25-18(17-9-2-3-10-22-17)14-6-4-7-15(21)12-14/h2-12,18H,1H3,(H,23,25). The number of anilines is 1. The van der Waals surface area contributed by atoms with Crippen molar-refractivity contribution in [3.63, 3.8) is 0 Å². The molecule has 0 bridgehead atoms. The van der Waals surface area contributed by atoms with Crippen LogP contribution in [0.4, 0.5) is 5.82 Å². The van der Waals surface area contributed by atoms with Gasteiger partial charge in [0.25, 0.3) is 5.89 Å². The van der Waals surface area contributed by atoms with Crippen LogP contribution in [-0.4, -0.2) is 20.1 Å². The molecule has 0 saturated carbocycles. The molecule has 134 valence electrons. The van der Waals surface area contributed by atoms with E-state index in [9.17, 15) is 0 Å². The zero-order valence-electron chi connectivity index (χ0n) is 14.5. The number of benzene rings is 1. The summed E-state index contributed by atoms with van der Waals surface area (Å²) in [5, 5.41) is 7.98. The highest BCUT2D eigenvalue weighted by Gasteiger charge is 2.20. The normalized spacial score (nSPS) is 11.9. The summed E-state index contributed by atoms with van der Waals surface area (Å²) in [7, 11) is 0. The Bertz CT molecular complexity index is 1050. The molecule has 1 N–H and O–H groups in total. The number of pyridine rings is 2. The van der Waals surface area contributed by atoms with Gasteiger partial charge in [-0.15, -0.1) is 0 Å². The fourth-order valence-electron chi connectivity index (χ4n) is 2.80. The number of hydrogen-bond donors (Lipinski definition) is 1. The van der Waals surface area contributed by atoms with Crippen LogP contribution in [0.2, 0.25) is 5.02 Å². The van der Waals surface area contributed by atoms with Gasteiger partial charge in [0.1, 0.15) is 5.82 Å². The van der Waals surface area contributed by atoms with E-state index in [1.165, 1.54) is 0 Å². The van der Waals surface area contributed by atoms with Crippen molar-refractivity contribution in [1.29, 1.82) is 0 Å². The molecule has 0 fully saturated rings. The molecule has 0 aliphatic carbocycles. The van der Waals surface area contributed by atoms with Gasteiger partial charge in [-0.2, -0.15) is 4.98 Å². The van der Waals surface area contributed by atoms with E-state index in [0.717, 1.165) is 16.8 Å². The third-order valence-corrected chi connectivity index (χ3v) is 4.25. The molecule has 0 amide bonds. The highest BCUT2D eigenvalue weighted by atomic mass is 35.5. The van der Waals surface area contributed by atoms with Crippen molar-refractivity contribution in [2.24, 2.45) is 0 Å². The van der Waals surface area contributed by atoms with E-state index >= 15 is 0 Å². The van der Waals surface area contributed by atoms with Crippen molar-refractivity contribution in [2.45, 2.75) is 13.0 Å². The quantitative estimate of drug-likeness (QED) is 0.543. The van der Waals surface area contributed by atoms with E-state index in [1.807, 2.05) is 54.6 Å². The lowest BCUT2D eigenvalue weighted by Gasteiger charge is -2.20. The summed E-state index contributed by atoms with van der Waals surface area (Å²) >= 11 is 6.21. The fraction of sp³-hybridized carbons (Fsp3) is 0.100. The molecule has 0 radical (unpaired) electrons. The van der Waals surface area contributed by atoms with Gasteiger partial charge in [0.2, 0.25) is 0 Å². The molecule has 1 unspecified atom stereocenters. The maximum atomic E-state index is 6.21. The Balaban J connectivity index is 1.77. The molecule has 1 aromatic carbocycles. The minimum atomic E-state index is -0.248. The summed E-state index contributed by atoms with van der Waals surface area (Å²) < 4.78 is 5.33. The Morgan fingerprint density at radius 3 is 2.63 bits per heavy atom. The lowest BCUT2D eigenvalue weighted by atomic mass is 10.0. The van der Waals surface area contributed by atoms with Crippen molar-refractivity contribution in [1.82, 2.24) is 20.1 Å². The monoisotopic (exact) mass is 377 g/mol. The van der Waals surface area contributed by atoms with Crippen molar-refractivity contribution >= 4 is 17.4 Å². The Hall–Kier alpha value is -3.25. The van der Waals surface area contributed by atoms with Gasteiger partial charge in [-0.25, -0.2) is 4.98 Å². The van der Waals surface area contributed by atoms with Crippen LogP contribution in [0.1, 0.15) is 23.1 Å². The summed E-state index contributed by atoms with van der Waals surface area (Å²) in [5.74, 6) is 1.60. The van der Waals surface area contributed by atoms with Crippen LogP contribution in [0, 0.1) is 6.92 Å². The van der Waals surface area contributed by atoms with Gasteiger partial charge in [0, 0.05) is 17.4 Å². The molecule has 27 heavy (non-hydrogen) atoms. The van der Waals surface area contributed by atoms with Crippen LogP contribution in [-0.2, 0) is 0 Å². The third-order valence-electron chi connectivity index (χ3n) is 4.01. The summed E-state index contributed by atoms with van der Waals surface area (Å²) in [6, 6.07) is 16.9. The molecular weight excluding hydrogens is 362 g/mol. The highest BCUT2D eigenvalue weighted by Crippen LogP contribution is 2.31. The average Bonchev–Trinajstić information content (AvgIpc) is 3.13. The van der Waals surface area contributed by atoms with Crippen LogP contribution in [0.25, 0.3) is 11.5 Å². The van der Waals surface area contributed by atoms with Crippen molar-refractivity contribution in [3.8, 4) is 11.5 Å². The highest BCUT2D eigenvalue weighted by molar-refractivity contribution is 6.30. The Labute approximate surface area is 161 Å². The van der Waals surface area contributed by atoms with Gasteiger partial charge in [-0.05, 0) is 48.9 Å². The summed E-state index contributed by atoms with van der Waals surface area (Å²) in [6.07, 6.45) is 3.47. The number of halogens is 1. The zero-order valence-corrected chi connectivity index (χ0v) is 15.3. The van der Waals surface area contributed by atoms with Crippen LogP contribution >= 0.6 is 11.6 Å². The number of nitrogens with one attached hydrogen (secondary N) is 1. The molecule has 0 spiro atoms. The second-order valence-corrected chi connectivity index (χ2v) is 6.37. The molecule has 0 saturated heterocycles. The predicted molar refractivity (Wildman–Crippen MR) is 103 cm³/mol. The summed E-state index contributed by atoms with van der Waals surface area (Å²) in [4.78, 5) is 13.3. The molecule has 4 aromatic rings. The van der Waals surface area contributed by atoms with Gasteiger partial charge >= 0.3 is 0 Å². The topological polar surface area (TPSA) is 76.7 Å². The molecule has 1 atom stereocenters. The SMILES string of the molecule is Cc1noc(-c2cccnc2NC(c2cccc(Cl)c2)c2ccccn2)n1. The Morgan fingerprint density at radius 1 is 1.00 bits per heavy atom. The largest absolute Gasteiger partial charge is 0.357 e. The number of aryl methyl sites for hydroxylation is 1. The Morgan fingerprint density at radius 2 is 1.89 bits per heavy atom. The first-order chi connectivity index (χ1) is 13.2. The summed E-state index contributed by atoms with van der Waals surface area (Å²) in [5.41, 5.74) is 2.54. The van der Waals surface area contributed by atoms with Crippen LogP contribution in [0.3, 0.4) is 0 Å². The van der Waals surface area contributed by atoms with Gasteiger partial charge in [0.15, 0.2) is 5.82 Å². The second-order valence-electron chi connectivity index (χ2n) is 5.93. The molecule has 7 heteroatoms. The molecule has 3 aromatic heterocycles. The van der Waals surface area contributed by atoms with E-state index in [-0.39, 0.29) is 6.04 Å². The van der Waals surface area contributed by atoms with Crippen molar-refractivity contribution < 1.29 is 4.52 Å². The molecule has 0 aliphatic heterocycles. The number of aromatic nitrogens is 4. The predicted octanol–water partition coefficient (Wildman–Crippen LogP) is 4.69. The van der Waals surface area contributed by atoms with E-state index < -0.39 is 0 Å². The number of hydrogen-bond acceptors (Lipinski definition) is 6. The van der Waals surface area contributed by atoms with Gasteiger partial charge in [0.05, 0.1) is 17.3 Å². The van der Waals surface area contributed by atoms with Crippen molar-refractivity contribution in [2.75, 3.05) is 5.32 Å². The van der Waals surface area contributed by atoms with Gasteiger partial charge in [-0.1, -0.05) is 35.0 Å². The molecule has 4 rings (SSSR count). The van der Waals surface area contributed by atoms with Crippen LogP contribution < -0.4 is 5.32 Å². The minimum Gasteiger partial charge on any atom is -0.357 e. The maximum absolute atomic E-state index is 6.21. The molecule has 0 aliphatic rings. The first kappa shape index (κ1) is 17.2. The fourth-order valence-corrected chi connectivity index (χ4v) is 3.00. The maximum Gasteiger partial charge on any atom is 0.261 e. The minimum absolute atomic E-state index is 0.248. The van der Waals surface area contributed by atoms with Crippen LogP contribution in [0.15, 0.2) is 71.5 Å². The Kier molecular flexibility index (Phi) is 4.80. The smallest absolute Gasteiger partial charge is 0.261 e. The van der Waals surface area contributed by atoms with E-state index in [2.05, 4.69) is 25.4 Å². The molecule has 6 nitrogen and oxygen atoms in total. The number of rotatable bonds is 5. The number of nitrogens with zero attached hydrogens (tertiary/aromatic N) is 4. The van der Waals surface area contributed by atoms with Crippen molar-refractivity contribution in [3.05, 3.63) is 89.1 Å². The van der Waals surface area contributed by atoms with Gasteiger partial charge in [-0.3, -0.25) is 4.98 Å².